The molecule has 1 rings (SSSR count). The molecule has 0 bridgehead atoms. The SMILES string of the molecule is CC(=O)Oc1c(C)c(O)c(C(C)=O)c(O)c1C(C)=O. The molecule has 19 heavy (non-hydrogen) atoms. The zero-order valence-electron chi connectivity index (χ0n) is 11.0. The molecule has 0 heterocycles. The van der Waals surface area contributed by atoms with Crippen molar-refractivity contribution in [2.45, 2.75) is 27.7 Å². The molecule has 0 spiro atoms. The zero-order valence-corrected chi connectivity index (χ0v) is 11.0. The van der Waals surface area contributed by atoms with E-state index in [9.17, 15) is 24.6 Å². The van der Waals surface area contributed by atoms with Crippen molar-refractivity contribution in [1.29, 1.82) is 0 Å². The van der Waals surface area contributed by atoms with E-state index in [0.29, 0.717) is 0 Å². The van der Waals surface area contributed by atoms with E-state index >= 15 is 0 Å². The Kier molecular flexibility index (Phi) is 3.94. The van der Waals surface area contributed by atoms with E-state index in [0.717, 1.165) is 20.8 Å². The van der Waals surface area contributed by atoms with Gasteiger partial charge in [0.15, 0.2) is 17.3 Å². The van der Waals surface area contributed by atoms with E-state index in [-0.39, 0.29) is 22.4 Å². The monoisotopic (exact) mass is 266 g/mol. The largest absolute Gasteiger partial charge is 0.507 e. The summed E-state index contributed by atoms with van der Waals surface area (Å²) >= 11 is 0. The van der Waals surface area contributed by atoms with E-state index in [1.54, 1.807) is 0 Å². The molecule has 0 saturated heterocycles. The van der Waals surface area contributed by atoms with Crippen molar-refractivity contribution >= 4 is 17.5 Å². The van der Waals surface area contributed by atoms with Crippen LogP contribution in [0.2, 0.25) is 0 Å². The summed E-state index contributed by atoms with van der Waals surface area (Å²) in [5.41, 5.74) is -0.613. The molecule has 102 valence electrons. The minimum absolute atomic E-state index is 0.0448. The number of hydrogen-bond donors (Lipinski definition) is 2. The van der Waals surface area contributed by atoms with Crippen molar-refractivity contribution < 1.29 is 29.3 Å². The fraction of sp³-hybridized carbons (Fsp3) is 0.308. The van der Waals surface area contributed by atoms with Gasteiger partial charge in [-0.2, -0.15) is 0 Å². The predicted octanol–water partition coefficient (Wildman–Crippen LogP) is 1.74. The Labute approximate surface area is 109 Å². The average Bonchev–Trinajstić information content (AvgIpc) is 2.23. The Balaban J connectivity index is 3.79. The summed E-state index contributed by atoms with van der Waals surface area (Å²) in [5.74, 6) is -3.32. The second-order valence-electron chi connectivity index (χ2n) is 4.11. The fourth-order valence-electron chi connectivity index (χ4n) is 1.76. The van der Waals surface area contributed by atoms with Gasteiger partial charge in [0.2, 0.25) is 0 Å². The first-order valence-electron chi connectivity index (χ1n) is 5.47. The summed E-state index contributed by atoms with van der Waals surface area (Å²) in [6, 6.07) is 0. The van der Waals surface area contributed by atoms with Crippen molar-refractivity contribution in [1.82, 2.24) is 0 Å². The molecule has 0 fully saturated rings. The molecule has 0 aliphatic carbocycles. The van der Waals surface area contributed by atoms with Crippen LogP contribution in [-0.4, -0.2) is 27.7 Å². The number of rotatable bonds is 3. The minimum Gasteiger partial charge on any atom is -0.507 e. The third kappa shape index (κ3) is 2.57. The number of carbonyl (C=O) groups excluding carboxylic acids is 3. The van der Waals surface area contributed by atoms with Gasteiger partial charge < -0.3 is 14.9 Å². The maximum atomic E-state index is 11.6. The molecule has 6 heteroatoms. The Bertz CT molecular complexity index is 586. The number of Topliss-reactive ketones (excluding diaryl/α,β-unsaturated/α-hetero) is 2. The topological polar surface area (TPSA) is 101 Å². The van der Waals surface area contributed by atoms with Gasteiger partial charge in [-0.1, -0.05) is 0 Å². The molecule has 0 aliphatic rings. The molecule has 1 aromatic carbocycles. The van der Waals surface area contributed by atoms with Crippen LogP contribution in [0.25, 0.3) is 0 Å². The maximum Gasteiger partial charge on any atom is 0.308 e. The van der Waals surface area contributed by atoms with Crippen LogP contribution < -0.4 is 4.74 Å². The molecule has 0 saturated carbocycles. The Morgan fingerprint density at radius 3 is 1.74 bits per heavy atom. The van der Waals surface area contributed by atoms with Crippen LogP contribution >= 0.6 is 0 Å². The predicted molar refractivity (Wildman–Crippen MR) is 65.8 cm³/mol. The van der Waals surface area contributed by atoms with Gasteiger partial charge in [-0.05, 0) is 20.8 Å². The van der Waals surface area contributed by atoms with Crippen LogP contribution in [0.4, 0.5) is 0 Å². The highest BCUT2D eigenvalue weighted by Crippen LogP contribution is 2.42. The van der Waals surface area contributed by atoms with Crippen LogP contribution in [0.5, 0.6) is 17.2 Å². The number of phenolic OH excluding ortho intramolecular Hbond substituents is 2. The first-order chi connectivity index (χ1) is 8.68. The van der Waals surface area contributed by atoms with Gasteiger partial charge in [-0.3, -0.25) is 14.4 Å². The van der Waals surface area contributed by atoms with E-state index in [2.05, 4.69) is 0 Å². The first kappa shape index (κ1) is 14.7. The number of ketones is 2. The molecule has 0 aromatic heterocycles. The summed E-state index contributed by atoms with van der Waals surface area (Å²) < 4.78 is 4.84. The van der Waals surface area contributed by atoms with Gasteiger partial charge in [0.05, 0.1) is 0 Å². The minimum atomic E-state index is -0.708. The fourth-order valence-corrected chi connectivity index (χ4v) is 1.76. The number of carbonyl (C=O) groups is 3. The highest BCUT2D eigenvalue weighted by Gasteiger charge is 2.27. The summed E-state index contributed by atoms with van der Waals surface area (Å²) in [6.45, 7) is 4.80. The third-order valence-electron chi connectivity index (χ3n) is 2.58. The van der Waals surface area contributed by atoms with Gasteiger partial charge in [0.25, 0.3) is 0 Å². The quantitative estimate of drug-likeness (QED) is 0.491. The number of esters is 1. The summed E-state index contributed by atoms with van der Waals surface area (Å²) in [6.07, 6.45) is 0. The van der Waals surface area contributed by atoms with Crippen molar-refractivity contribution in [2.24, 2.45) is 0 Å². The average molecular weight is 266 g/mol. The number of benzene rings is 1. The van der Waals surface area contributed by atoms with Gasteiger partial charge in [0, 0.05) is 12.5 Å². The molecule has 0 atom stereocenters. The molecular weight excluding hydrogens is 252 g/mol. The molecule has 6 nitrogen and oxygen atoms in total. The lowest BCUT2D eigenvalue weighted by Gasteiger charge is -2.16. The number of aromatic hydroxyl groups is 2. The van der Waals surface area contributed by atoms with E-state index in [4.69, 9.17) is 4.74 Å². The standard InChI is InChI=1S/C13H14O6/c1-5-11(17)9(6(2)14)12(18)10(7(3)15)13(5)19-8(4)16/h17-18H,1-4H3. The van der Waals surface area contributed by atoms with Gasteiger partial charge >= 0.3 is 5.97 Å². The van der Waals surface area contributed by atoms with Crippen LogP contribution in [-0.2, 0) is 4.79 Å². The summed E-state index contributed by atoms with van der Waals surface area (Å²) in [4.78, 5) is 34.0. The molecule has 0 unspecified atom stereocenters. The van der Waals surface area contributed by atoms with Gasteiger partial charge in [-0.25, -0.2) is 0 Å². The molecule has 0 aliphatic heterocycles. The van der Waals surface area contributed by atoms with Crippen molar-refractivity contribution in [2.75, 3.05) is 0 Å². The van der Waals surface area contributed by atoms with Crippen molar-refractivity contribution in [3.8, 4) is 17.2 Å². The van der Waals surface area contributed by atoms with Gasteiger partial charge in [-0.15, -0.1) is 0 Å². The summed E-state index contributed by atoms with van der Waals surface area (Å²) in [5, 5.41) is 19.8. The first-order valence-corrected chi connectivity index (χ1v) is 5.47. The van der Waals surface area contributed by atoms with Crippen LogP contribution in [0, 0.1) is 6.92 Å². The highest BCUT2D eigenvalue weighted by atomic mass is 16.5. The summed E-state index contributed by atoms with van der Waals surface area (Å²) in [7, 11) is 0. The zero-order chi connectivity index (χ0) is 14.9. The van der Waals surface area contributed by atoms with Gasteiger partial charge in [0.1, 0.15) is 22.6 Å². The Hall–Kier alpha value is -2.37. The maximum absolute atomic E-state index is 11.6. The lowest BCUT2D eigenvalue weighted by Crippen LogP contribution is -2.10. The van der Waals surface area contributed by atoms with Crippen LogP contribution in [0.3, 0.4) is 0 Å². The lowest BCUT2D eigenvalue weighted by atomic mass is 9.97. The second-order valence-corrected chi connectivity index (χ2v) is 4.11. The molecule has 1 aromatic rings. The van der Waals surface area contributed by atoms with E-state index in [1.807, 2.05) is 0 Å². The lowest BCUT2D eigenvalue weighted by molar-refractivity contribution is -0.131. The Morgan fingerprint density at radius 2 is 1.37 bits per heavy atom. The highest BCUT2D eigenvalue weighted by molar-refractivity contribution is 6.08. The molecule has 0 radical (unpaired) electrons. The normalized spacial score (nSPS) is 10.1. The van der Waals surface area contributed by atoms with Crippen molar-refractivity contribution in [3.63, 3.8) is 0 Å². The van der Waals surface area contributed by atoms with E-state index in [1.165, 1.54) is 6.92 Å². The third-order valence-corrected chi connectivity index (χ3v) is 2.58. The molecular formula is C13H14O6. The van der Waals surface area contributed by atoms with E-state index < -0.39 is 29.0 Å². The number of hydrogen-bond acceptors (Lipinski definition) is 6. The number of phenols is 2. The second kappa shape index (κ2) is 5.09. The molecule has 2 N–H and O–H groups in total. The Morgan fingerprint density at radius 1 is 0.895 bits per heavy atom. The van der Waals surface area contributed by atoms with Crippen LogP contribution in [0.15, 0.2) is 0 Å². The number of ether oxygens (including phenoxy) is 1. The molecule has 0 amide bonds. The smallest absolute Gasteiger partial charge is 0.308 e. The van der Waals surface area contributed by atoms with Crippen molar-refractivity contribution in [3.05, 3.63) is 16.7 Å². The van der Waals surface area contributed by atoms with Crippen LogP contribution in [0.1, 0.15) is 47.1 Å².